The number of aromatic carboxylic acids is 1. The topological polar surface area (TPSA) is 77.9 Å². The van der Waals surface area contributed by atoms with Crippen LogP contribution in [-0.4, -0.2) is 15.7 Å². The average Bonchev–Trinajstić information content (AvgIpc) is 2.56. The van der Waals surface area contributed by atoms with E-state index in [0.29, 0.717) is 5.69 Å². The number of H-pyrrole nitrogens is 1. The zero-order chi connectivity index (χ0) is 12.6. The van der Waals surface area contributed by atoms with Crippen molar-refractivity contribution in [1.82, 2.24) is 9.78 Å². The summed E-state index contributed by atoms with van der Waals surface area (Å²) in [4.78, 5) is 22.6. The predicted molar refractivity (Wildman–Crippen MR) is 60.2 cm³/mol. The fourth-order valence-electron chi connectivity index (χ4n) is 1.67. The summed E-state index contributed by atoms with van der Waals surface area (Å²) in [6, 6.07) is 7.20. The molecule has 0 saturated carbocycles. The Balaban J connectivity index is 0.00000162. The van der Waals surface area contributed by atoms with Crippen molar-refractivity contribution in [3.05, 3.63) is 51.4 Å². The minimum atomic E-state index is -1.38. The van der Waals surface area contributed by atoms with Gasteiger partial charge in [0.15, 0.2) is 0 Å². The van der Waals surface area contributed by atoms with Crippen LogP contribution in [0.5, 0.6) is 0 Å². The Morgan fingerprint density at radius 1 is 1.33 bits per heavy atom. The second kappa shape index (κ2) is 5.56. The Labute approximate surface area is 126 Å². The number of hydrogen-bond donors (Lipinski definition) is 1. The first-order valence-corrected chi connectivity index (χ1v) is 5.10. The molecule has 1 N–H and O–H groups in total. The molecule has 2 rings (SSSR count). The van der Waals surface area contributed by atoms with Crippen molar-refractivity contribution in [2.24, 2.45) is 0 Å². The number of hydrogen-bond acceptors (Lipinski definition) is 3. The van der Waals surface area contributed by atoms with Crippen LogP contribution in [-0.2, 0) is 0 Å². The van der Waals surface area contributed by atoms with Crippen molar-refractivity contribution >= 4 is 5.97 Å². The number of rotatable bonds is 2. The van der Waals surface area contributed by atoms with E-state index in [1.54, 1.807) is 18.2 Å². The van der Waals surface area contributed by atoms with E-state index >= 15 is 0 Å². The summed E-state index contributed by atoms with van der Waals surface area (Å²) in [5.74, 6) is -1.38. The monoisotopic (exact) mass is 254 g/mol. The van der Waals surface area contributed by atoms with Crippen LogP contribution in [0.1, 0.15) is 21.6 Å². The zero-order valence-corrected chi connectivity index (χ0v) is 12.5. The molecule has 0 unspecified atom stereocenters. The van der Waals surface area contributed by atoms with Gasteiger partial charge in [0.2, 0.25) is 0 Å². The van der Waals surface area contributed by atoms with E-state index in [2.05, 4.69) is 5.10 Å². The average molecular weight is 254 g/mol. The van der Waals surface area contributed by atoms with Gasteiger partial charge in [-0.25, -0.2) is 4.68 Å². The Hall–Kier alpha value is -1.30. The van der Waals surface area contributed by atoms with Gasteiger partial charge in [0.1, 0.15) is 0 Å². The molecule has 1 heterocycles. The molecule has 0 radical (unpaired) electrons. The van der Waals surface area contributed by atoms with Crippen molar-refractivity contribution < 1.29 is 39.5 Å². The van der Waals surface area contributed by atoms with Gasteiger partial charge in [0.05, 0.1) is 17.4 Å². The van der Waals surface area contributed by atoms with E-state index in [1.165, 1.54) is 11.6 Å². The van der Waals surface area contributed by atoms with Gasteiger partial charge in [0, 0.05) is 5.56 Å². The normalized spacial score (nSPS) is 9.89. The third kappa shape index (κ3) is 2.58. The smallest absolute Gasteiger partial charge is 0.543 e. The van der Waals surface area contributed by atoms with Crippen molar-refractivity contribution in [2.75, 3.05) is 0 Å². The van der Waals surface area contributed by atoms with Gasteiger partial charge < -0.3 is 9.90 Å². The van der Waals surface area contributed by atoms with Gasteiger partial charge in [-0.3, -0.25) is 9.89 Å². The second-order valence-corrected chi connectivity index (χ2v) is 3.88. The van der Waals surface area contributed by atoms with Crippen LogP contribution >= 0.6 is 0 Å². The molecular formula is C12H11N2NaO3. The number of carbonyl (C=O) groups excluding carboxylic acids is 1. The number of benzene rings is 1. The Morgan fingerprint density at radius 2 is 2.00 bits per heavy atom. The fourth-order valence-corrected chi connectivity index (χ4v) is 1.67. The van der Waals surface area contributed by atoms with Gasteiger partial charge >= 0.3 is 29.6 Å². The van der Waals surface area contributed by atoms with Crippen LogP contribution in [0.25, 0.3) is 5.69 Å². The quantitative estimate of drug-likeness (QED) is 0.586. The van der Waals surface area contributed by atoms with E-state index in [4.69, 9.17) is 0 Å². The molecule has 5 nitrogen and oxygen atoms in total. The fraction of sp³-hybridized carbons (Fsp3) is 0.167. The van der Waals surface area contributed by atoms with E-state index in [0.717, 1.165) is 5.56 Å². The molecule has 0 saturated heterocycles. The Kier molecular flexibility index (Phi) is 4.56. The molecule has 0 bridgehead atoms. The summed E-state index contributed by atoms with van der Waals surface area (Å²) in [6.45, 7) is 3.35. The van der Waals surface area contributed by atoms with Crippen LogP contribution in [0.2, 0.25) is 0 Å². The number of nitrogens with one attached hydrogen (secondary N) is 1. The maximum absolute atomic E-state index is 11.8. The third-order valence-corrected chi connectivity index (χ3v) is 2.59. The standard InChI is InChI=1S/C12H12N2O3.Na/c1-7-4-3-5-9(6-7)14-11(15)8(2)10(13-14)12(16)17;/h3-6,13H,1-2H3,(H,16,17);/q;+1/p-1. The molecule has 0 fully saturated rings. The molecule has 1 aromatic heterocycles. The van der Waals surface area contributed by atoms with Crippen molar-refractivity contribution in [2.45, 2.75) is 13.8 Å². The molecular weight excluding hydrogens is 243 g/mol. The number of aromatic amines is 1. The van der Waals surface area contributed by atoms with Crippen LogP contribution in [0, 0.1) is 13.8 Å². The second-order valence-electron chi connectivity index (χ2n) is 3.88. The predicted octanol–water partition coefficient (Wildman–Crippen LogP) is -2.85. The van der Waals surface area contributed by atoms with Gasteiger partial charge in [-0.15, -0.1) is 0 Å². The van der Waals surface area contributed by atoms with Crippen LogP contribution in [0.15, 0.2) is 29.1 Å². The molecule has 1 aromatic carbocycles. The minimum Gasteiger partial charge on any atom is -0.543 e. The van der Waals surface area contributed by atoms with E-state index in [-0.39, 0.29) is 46.4 Å². The zero-order valence-electron chi connectivity index (χ0n) is 10.5. The van der Waals surface area contributed by atoms with Gasteiger partial charge in [-0.1, -0.05) is 12.1 Å². The number of carboxylic acid groups (broad SMARTS) is 1. The molecule has 88 valence electrons. The summed E-state index contributed by atoms with van der Waals surface area (Å²) in [7, 11) is 0. The van der Waals surface area contributed by atoms with E-state index in [9.17, 15) is 14.7 Å². The first kappa shape index (κ1) is 14.8. The summed E-state index contributed by atoms with van der Waals surface area (Å²) >= 11 is 0. The number of nitrogens with zero attached hydrogens (tertiary/aromatic N) is 1. The van der Waals surface area contributed by atoms with E-state index < -0.39 is 5.97 Å². The first-order valence-electron chi connectivity index (χ1n) is 5.10. The SMILES string of the molecule is Cc1cccc(-n2[nH]c(C(=O)[O-])c(C)c2=O)c1.[Na+]. The van der Waals surface area contributed by atoms with Crippen LogP contribution in [0.3, 0.4) is 0 Å². The largest absolute Gasteiger partial charge is 1.00 e. The van der Waals surface area contributed by atoms with Gasteiger partial charge in [0.25, 0.3) is 5.56 Å². The number of aromatic nitrogens is 2. The first-order chi connectivity index (χ1) is 8.00. The van der Waals surface area contributed by atoms with Gasteiger partial charge in [-0.2, -0.15) is 0 Å². The Morgan fingerprint density at radius 3 is 2.50 bits per heavy atom. The molecule has 0 spiro atoms. The van der Waals surface area contributed by atoms with Crippen LogP contribution < -0.4 is 40.2 Å². The van der Waals surface area contributed by atoms with Crippen LogP contribution in [0.4, 0.5) is 0 Å². The molecule has 6 heteroatoms. The minimum absolute atomic E-state index is 0. The molecule has 0 atom stereocenters. The Bertz CT molecular complexity index is 643. The van der Waals surface area contributed by atoms with Crippen molar-refractivity contribution in [3.63, 3.8) is 0 Å². The maximum atomic E-state index is 11.8. The van der Waals surface area contributed by atoms with Crippen molar-refractivity contribution in [1.29, 1.82) is 0 Å². The summed E-state index contributed by atoms with van der Waals surface area (Å²) in [6.07, 6.45) is 0. The molecule has 0 aliphatic heterocycles. The summed E-state index contributed by atoms with van der Waals surface area (Å²) in [5, 5.41) is 13.3. The summed E-state index contributed by atoms with van der Waals surface area (Å²) in [5.41, 5.74) is 1.17. The number of carbonyl (C=O) groups is 1. The maximum Gasteiger partial charge on any atom is 1.00 e. The van der Waals surface area contributed by atoms with Gasteiger partial charge in [-0.05, 0) is 31.5 Å². The molecule has 0 aliphatic rings. The van der Waals surface area contributed by atoms with E-state index in [1.807, 2.05) is 13.0 Å². The van der Waals surface area contributed by atoms with Crippen molar-refractivity contribution in [3.8, 4) is 5.69 Å². The summed E-state index contributed by atoms with van der Waals surface area (Å²) < 4.78 is 1.20. The molecule has 18 heavy (non-hydrogen) atoms. The molecule has 2 aromatic rings. The number of aryl methyl sites for hydroxylation is 1. The number of carboxylic acids is 1. The molecule has 0 aliphatic carbocycles. The molecule has 0 amide bonds. The third-order valence-electron chi connectivity index (χ3n) is 2.59.